The minimum absolute atomic E-state index is 0.0104. The van der Waals surface area contributed by atoms with E-state index in [9.17, 15) is 4.79 Å². The van der Waals surface area contributed by atoms with E-state index in [0.717, 1.165) is 34.2 Å². The SMILES string of the molecule is Cc1cc(OCC(=O)NC2CCCCCCC2)cc(C)c1Br. The van der Waals surface area contributed by atoms with E-state index >= 15 is 0 Å². The summed E-state index contributed by atoms with van der Waals surface area (Å²) in [6.07, 6.45) is 8.56. The first-order valence-electron chi connectivity index (χ1n) is 8.25. The van der Waals surface area contributed by atoms with Gasteiger partial charge in [0.2, 0.25) is 0 Å². The Morgan fingerprint density at radius 2 is 1.68 bits per heavy atom. The van der Waals surface area contributed by atoms with Crippen molar-refractivity contribution in [2.45, 2.75) is 64.8 Å². The highest BCUT2D eigenvalue weighted by molar-refractivity contribution is 9.10. The minimum atomic E-state index is -0.0104. The number of ether oxygens (including phenoxy) is 1. The van der Waals surface area contributed by atoms with Gasteiger partial charge in [0.05, 0.1) is 0 Å². The van der Waals surface area contributed by atoms with Crippen LogP contribution in [0.1, 0.15) is 56.1 Å². The van der Waals surface area contributed by atoms with Crippen molar-refractivity contribution in [2.24, 2.45) is 0 Å². The Bertz CT molecular complexity index is 485. The second-order valence-electron chi connectivity index (χ2n) is 6.27. The van der Waals surface area contributed by atoms with Gasteiger partial charge in [-0.05, 0) is 49.9 Å². The summed E-state index contributed by atoms with van der Waals surface area (Å²) in [5, 5.41) is 3.12. The van der Waals surface area contributed by atoms with E-state index in [-0.39, 0.29) is 12.5 Å². The third-order valence-corrected chi connectivity index (χ3v) is 5.50. The van der Waals surface area contributed by atoms with Crippen molar-refractivity contribution in [1.82, 2.24) is 5.32 Å². The Hall–Kier alpha value is -1.03. The first kappa shape index (κ1) is 17.3. The number of aryl methyl sites for hydroxylation is 2. The number of benzene rings is 1. The van der Waals surface area contributed by atoms with Gasteiger partial charge in [-0.1, -0.05) is 48.0 Å². The van der Waals surface area contributed by atoms with Crippen molar-refractivity contribution in [3.05, 3.63) is 27.7 Å². The van der Waals surface area contributed by atoms with Crippen LogP contribution in [0.15, 0.2) is 16.6 Å². The van der Waals surface area contributed by atoms with E-state index in [4.69, 9.17) is 4.74 Å². The Morgan fingerprint density at radius 1 is 1.14 bits per heavy atom. The van der Waals surface area contributed by atoms with Gasteiger partial charge in [0.1, 0.15) is 5.75 Å². The molecule has 1 aromatic rings. The molecule has 3 nitrogen and oxygen atoms in total. The summed E-state index contributed by atoms with van der Waals surface area (Å²) in [6.45, 7) is 4.15. The molecule has 1 saturated carbocycles. The second kappa shape index (κ2) is 8.56. The van der Waals surface area contributed by atoms with Crippen molar-refractivity contribution in [2.75, 3.05) is 6.61 Å². The molecule has 1 N–H and O–H groups in total. The average molecular weight is 368 g/mol. The van der Waals surface area contributed by atoms with Gasteiger partial charge in [-0.3, -0.25) is 4.79 Å². The van der Waals surface area contributed by atoms with Gasteiger partial charge in [-0.15, -0.1) is 0 Å². The van der Waals surface area contributed by atoms with E-state index in [1.54, 1.807) is 0 Å². The molecule has 1 fully saturated rings. The van der Waals surface area contributed by atoms with Gasteiger partial charge in [0, 0.05) is 10.5 Å². The van der Waals surface area contributed by atoms with Gasteiger partial charge in [-0.2, -0.15) is 0 Å². The molecule has 0 aliphatic heterocycles. The number of halogens is 1. The van der Waals surface area contributed by atoms with Gasteiger partial charge in [-0.25, -0.2) is 0 Å². The lowest BCUT2D eigenvalue weighted by atomic mass is 9.97. The summed E-state index contributed by atoms with van der Waals surface area (Å²) in [5.74, 6) is 0.745. The highest BCUT2D eigenvalue weighted by atomic mass is 79.9. The second-order valence-corrected chi connectivity index (χ2v) is 7.06. The Balaban J connectivity index is 1.82. The van der Waals surface area contributed by atoms with Crippen LogP contribution in [0.5, 0.6) is 5.75 Å². The Morgan fingerprint density at radius 3 is 2.27 bits per heavy atom. The fourth-order valence-corrected chi connectivity index (χ4v) is 3.24. The summed E-state index contributed by atoms with van der Waals surface area (Å²) in [7, 11) is 0. The van der Waals surface area contributed by atoms with Crippen LogP contribution in [0.2, 0.25) is 0 Å². The monoisotopic (exact) mass is 367 g/mol. The molecule has 0 atom stereocenters. The Kier molecular flexibility index (Phi) is 6.74. The number of rotatable bonds is 4. The molecule has 1 aliphatic rings. The molecule has 0 saturated heterocycles. The van der Waals surface area contributed by atoms with Crippen molar-refractivity contribution < 1.29 is 9.53 Å². The van der Waals surface area contributed by atoms with Crippen molar-refractivity contribution in [3.63, 3.8) is 0 Å². The highest BCUT2D eigenvalue weighted by Gasteiger charge is 2.14. The first-order valence-corrected chi connectivity index (χ1v) is 9.04. The summed E-state index contributed by atoms with van der Waals surface area (Å²) in [6, 6.07) is 4.24. The normalized spacial score (nSPS) is 16.7. The molecule has 1 aromatic carbocycles. The number of hydrogen-bond acceptors (Lipinski definition) is 2. The van der Waals surface area contributed by atoms with E-state index in [2.05, 4.69) is 21.2 Å². The van der Waals surface area contributed by atoms with E-state index in [0.29, 0.717) is 6.04 Å². The van der Waals surface area contributed by atoms with Crippen LogP contribution in [0, 0.1) is 13.8 Å². The fourth-order valence-electron chi connectivity index (χ4n) is 3.01. The number of carbonyl (C=O) groups excluding carboxylic acids is 1. The maximum atomic E-state index is 12.1. The Labute approximate surface area is 141 Å². The smallest absolute Gasteiger partial charge is 0.258 e. The molecule has 0 heterocycles. The van der Waals surface area contributed by atoms with Crippen LogP contribution in [0.4, 0.5) is 0 Å². The molecule has 0 bridgehead atoms. The number of nitrogens with one attached hydrogen (secondary N) is 1. The van der Waals surface area contributed by atoms with Crippen LogP contribution in [0.25, 0.3) is 0 Å². The van der Waals surface area contributed by atoms with Gasteiger partial charge in [0.15, 0.2) is 6.61 Å². The molecule has 0 spiro atoms. The molecule has 0 radical (unpaired) electrons. The predicted octanol–water partition coefficient (Wildman–Crippen LogP) is 4.67. The third kappa shape index (κ3) is 5.31. The maximum Gasteiger partial charge on any atom is 0.258 e. The first-order chi connectivity index (χ1) is 10.6. The van der Waals surface area contributed by atoms with E-state index in [1.165, 1.54) is 32.1 Å². The van der Waals surface area contributed by atoms with Crippen LogP contribution in [0.3, 0.4) is 0 Å². The van der Waals surface area contributed by atoms with Crippen molar-refractivity contribution in [1.29, 1.82) is 0 Å². The lowest BCUT2D eigenvalue weighted by molar-refractivity contribution is -0.123. The van der Waals surface area contributed by atoms with Gasteiger partial charge < -0.3 is 10.1 Å². The molecule has 0 unspecified atom stereocenters. The topological polar surface area (TPSA) is 38.3 Å². The van der Waals surface area contributed by atoms with Crippen LogP contribution in [-0.2, 0) is 4.79 Å². The lowest BCUT2D eigenvalue weighted by Crippen LogP contribution is -2.38. The highest BCUT2D eigenvalue weighted by Crippen LogP contribution is 2.26. The molecule has 1 aliphatic carbocycles. The summed E-state index contributed by atoms with van der Waals surface area (Å²) >= 11 is 3.54. The van der Waals surface area contributed by atoms with Crippen LogP contribution in [-0.4, -0.2) is 18.6 Å². The lowest BCUT2D eigenvalue weighted by Gasteiger charge is -2.21. The minimum Gasteiger partial charge on any atom is -0.484 e. The average Bonchev–Trinajstić information content (AvgIpc) is 2.45. The van der Waals surface area contributed by atoms with E-state index in [1.807, 2.05) is 26.0 Å². The molecule has 0 aromatic heterocycles. The molecule has 4 heteroatoms. The predicted molar refractivity (Wildman–Crippen MR) is 93.4 cm³/mol. The van der Waals surface area contributed by atoms with Gasteiger partial charge in [0.25, 0.3) is 5.91 Å². The standard InChI is InChI=1S/C18H26BrNO2/c1-13-10-16(11-14(2)18(13)19)22-12-17(21)20-15-8-6-4-3-5-7-9-15/h10-11,15H,3-9,12H2,1-2H3,(H,20,21). The van der Waals surface area contributed by atoms with Crippen molar-refractivity contribution in [3.8, 4) is 5.75 Å². The molecule has 1 amide bonds. The zero-order valence-corrected chi connectivity index (χ0v) is 15.2. The van der Waals surface area contributed by atoms with Gasteiger partial charge >= 0.3 is 0 Å². The summed E-state index contributed by atoms with van der Waals surface area (Å²) in [4.78, 5) is 12.1. The summed E-state index contributed by atoms with van der Waals surface area (Å²) in [5.41, 5.74) is 2.24. The summed E-state index contributed by atoms with van der Waals surface area (Å²) < 4.78 is 6.75. The van der Waals surface area contributed by atoms with Crippen LogP contribution < -0.4 is 10.1 Å². The molecule has 122 valence electrons. The number of hydrogen-bond donors (Lipinski definition) is 1. The third-order valence-electron chi connectivity index (χ3n) is 4.25. The fraction of sp³-hybridized carbons (Fsp3) is 0.611. The zero-order valence-electron chi connectivity index (χ0n) is 13.6. The maximum absolute atomic E-state index is 12.1. The number of carbonyl (C=O) groups is 1. The largest absolute Gasteiger partial charge is 0.484 e. The quantitative estimate of drug-likeness (QED) is 0.839. The van der Waals surface area contributed by atoms with E-state index < -0.39 is 0 Å². The molecule has 22 heavy (non-hydrogen) atoms. The zero-order chi connectivity index (χ0) is 15.9. The molecular formula is C18H26BrNO2. The molecule has 2 rings (SSSR count). The van der Waals surface area contributed by atoms with Crippen LogP contribution >= 0.6 is 15.9 Å². The molecular weight excluding hydrogens is 342 g/mol. The number of amides is 1. The van der Waals surface area contributed by atoms with Crippen molar-refractivity contribution >= 4 is 21.8 Å².